The van der Waals surface area contributed by atoms with Gasteiger partial charge >= 0.3 is 0 Å². The second-order valence-electron chi connectivity index (χ2n) is 6.49. The maximum absolute atomic E-state index is 13.5. The van der Waals surface area contributed by atoms with Crippen LogP contribution in [0.2, 0.25) is 0 Å². The lowest BCUT2D eigenvalue weighted by Gasteiger charge is -2.14. The quantitative estimate of drug-likeness (QED) is 0.158. The highest BCUT2D eigenvalue weighted by molar-refractivity contribution is 14.1. The number of hydrogen-bond donors (Lipinski definition) is 2. The number of hydrazone groups is 1. The van der Waals surface area contributed by atoms with Crippen LogP contribution in [-0.2, 0) is 6.61 Å². The topological polar surface area (TPSA) is 124 Å². The molecule has 0 amide bonds. The Labute approximate surface area is 202 Å². The van der Waals surface area contributed by atoms with Crippen molar-refractivity contribution in [3.63, 3.8) is 0 Å². The van der Waals surface area contributed by atoms with E-state index in [9.17, 15) is 14.5 Å². The molecule has 0 atom stereocenters. The Bertz CT molecular complexity index is 1160. The number of ether oxygens (including phenoxy) is 2. The van der Waals surface area contributed by atoms with Gasteiger partial charge in [-0.2, -0.15) is 10.1 Å². The zero-order chi connectivity index (χ0) is 23.8. The van der Waals surface area contributed by atoms with E-state index in [2.05, 4.69) is 48.4 Å². The van der Waals surface area contributed by atoms with Crippen LogP contribution >= 0.6 is 22.6 Å². The Hall–Kier alpha value is -3.55. The van der Waals surface area contributed by atoms with E-state index in [1.165, 1.54) is 12.1 Å². The van der Waals surface area contributed by atoms with Crippen molar-refractivity contribution >= 4 is 46.3 Å². The molecule has 2 N–H and O–H groups in total. The zero-order valence-electron chi connectivity index (χ0n) is 17.7. The molecule has 0 spiro atoms. The molecule has 0 aliphatic carbocycles. The molecule has 1 heterocycles. The van der Waals surface area contributed by atoms with Crippen molar-refractivity contribution in [3.8, 4) is 11.5 Å². The van der Waals surface area contributed by atoms with Crippen LogP contribution in [0.25, 0.3) is 0 Å². The number of nitro groups is 1. The van der Waals surface area contributed by atoms with Gasteiger partial charge in [-0.1, -0.05) is 0 Å². The molecule has 0 saturated heterocycles. The molecule has 172 valence electrons. The predicted octanol–water partition coefficient (Wildman–Crippen LogP) is 4.59. The number of nitrogens with one attached hydrogen (secondary N) is 2. The molecule has 0 aliphatic heterocycles. The van der Waals surface area contributed by atoms with E-state index in [0.717, 1.165) is 20.9 Å². The second-order valence-corrected chi connectivity index (χ2v) is 7.65. The largest absolute Gasteiger partial charge is 0.490 e. The molecule has 0 aliphatic rings. The van der Waals surface area contributed by atoms with Crippen LogP contribution in [0.1, 0.15) is 18.1 Å². The number of nitro benzene ring substituents is 1. The molecule has 1 aromatic heterocycles. The number of aromatic nitrogens is 2. The lowest BCUT2D eigenvalue weighted by Crippen LogP contribution is -2.04. The van der Waals surface area contributed by atoms with Gasteiger partial charge in [-0.15, -0.1) is 0 Å². The summed E-state index contributed by atoms with van der Waals surface area (Å²) in [6.07, 6.45) is 2.60. The highest BCUT2D eigenvalue weighted by Crippen LogP contribution is 2.34. The highest BCUT2D eigenvalue weighted by Gasteiger charge is 2.13. The average Bonchev–Trinajstić information content (AvgIpc) is 2.80. The molecule has 3 aromatic rings. The minimum Gasteiger partial charge on any atom is -0.490 e. The van der Waals surface area contributed by atoms with Crippen LogP contribution in [0.5, 0.6) is 11.5 Å². The fourth-order valence-electron chi connectivity index (χ4n) is 2.70. The van der Waals surface area contributed by atoms with Gasteiger partial charge in [-0.25, -0.2) is 14.8 Å². The fourth-order valence-corrected chi connectivity index (χ4v) is 3.48. The standard InChI is InChI=1S/C21H20FIN6O4/c1-3-32-18-9-14(10-26-28-21-25-11-16(22)20(24-2)27-21)8-17(23)19(18)33-12-13-4-6-15(7-5-13)29(30)31/h4-11H,3,12H2,1-2H3,(H2,24,25,27,28)/b26-10-. The second kappa shape index (κ2) is 11.4. The van der Waals surface area contributed by atoms with Gasteiger partial charge in [0.2, 0.25) is 5.95 Å². The summed E-state index contributed by atoms with van der Waals surface area (Å²) >= 11 is 2.13. The maximum Gasteiger partial charge on any atom is 0.269 e. The number of rotatable bonds is 10. The maximum atomic E-state index is 13.5. The van der Waals surface area contributed by atoms with Gasteiger partial charge in [0.05, 0.1) is 27.5 Å². The Kier molecular flexibility index (Phi) is 8.29. The van der Waals surface area contributed by atoms with Gasteiger partial charge in [-0.3, -0.25) is 10.1 Å². The Morgan fingerprint density at radius 3 is 2.70 bits per heavy atom. The number of nitrogens with zero attached hydrogens (tertiary/aromatic N) is 4. The average molecular weight is 566 g/mol. The SMILES string of the molecule is CCOc1cc(/C=N\Nc2ncc(F)c(NC)n2)cc(I)c1OCc1ccc([N+](=O)[O-])cc1. The van der Waals surface area contributed by atoms with Crippen molar-refractivity contribution in [2.75, 3.05) is 24.4 Å². The minimum absolute atomic E-state index is 0.0220. The molecule has 12 heteroatoms. The van der Waals surface area contributed by atoms with Crippen molar-refractivity contribution in [3.05, 3.63) is 73.2 Å². The van der Waals surface area contributed by atoms with Crippen molar-refractivity contribution in [1.29, 1.82) is 0 Å². The van der Waals surface area contributed by atoms with Crippen LogP contribution in [0.3, 0.4) is 0 Å². The van der Waals surface area contributed by atoms with Crippen molar-refractivity contribution in [1.82, 2.24) is 9.97 Å². The van der Waals surface area contributed by atoms with E-state index in [0.29, 0.717) is 18.1 Å². The number of non-ortho nitro benzene ring substituents is 1. The Balaban J connectivity index is 1.73. The van der Waals surface area contributed by atoms with E-state index in [1.807, 2.05) is 13.0 Å². The monoisotopic (exact) mass is 566 g/mol. The molecule has 2 aromatic carbocycles. The third-order valence-electron chi connectivity index (χ3n) is 4.22. The summed E-state index contributed by atoms with van der Waals surface area (Å²) in [6.45, 7) is 2.51. The predicted molar refractivity (Wildman–Crippen MR) is 131 cm³/mol. The van der Waals surface area contributed by atoms with Crippen LogP contribution in [0.4, 0.5) is 21.8 Å². The third kappa shape index (κ3) is 6.47. The van der Waals surface area contributed by atoms with Crippen LogP contribution in [0.15, 0.2) is 47.7 Å². The summed E-state index contributed by atoms with van der Waals surface area (Å²) in [5, 5.41) is 17.5. The van der Waals surface area contributed by atoms with Gasteiger partial charge in [0.25, 0.3) is 5.69 Å². The molecule has 0 bridgehead atoms. The van der Waals surface area contributed by atoms with Crippen molar-refractivity contribution in [2.45, 2.75) is 13.5 Å². The Morgan fingerprint density at radius 1 is 1.27 bits per heavy atom. The molecule has 33 heavy (non-hydrogen) atoms. The lowest BCUT2D eigenvalue weighted by atomic mass is 10.2. The van der Waals surface area contributed by atoms with Crippen LogP contribution < -0.4 is 20.2 Å². The van der Waals surface area contributed by atoms with E-state index in [1.54, 1.807) is 31.5 Å². The first-order chi connectivity index (χ1) is 15.9. The van der Waals surface area contributed by atoms with Crippen LogP contribution in [0, 0.1) is 19.5 Å². The van der Waals surface area contributed by atoms with E-state index >= 15 is 0 Å². The van der Waals surface area contributed by atoms with Gasteiger partial charge in [0, 0.05) is 19.2 Å². The summed E-state index contributed by atoms with van der Waals surface area (Å²) in [4.78, 5) is 18.1. The van der Waals surface area contributed by atoms with Crippen molar-refractivity contribution in [2.24, 2.45) is 5.10 Å². The van der Waals surface area contributed by atoms with Crippen LogP contribution in [-0.4, -0.2) is 34.8 Å². The summed E-state index contributed by atoms with van der Waals surface area (Å²) in [6, 6.07) is 9.79. The minimum atomic E-state index is -0.563. The fraction of sp³-hybridized carbons (Fsp3) is 0.190. The molecule has 0 unspecified atom stereocenters. The summed E-state index contributed by atoms with van der Waals surface area (Å²) in [7, 11) is 1.56. The van der Waals surface area contributed by atoms with Gasteiger partial charge in [0.15, 0.2) is 23.1 Å². The third-order valence-corrected chi connectivity index (χ3v) is 5.02. The first-order valence-electron chi connectivity index (χ1n) is 9.73. The number of benzene rings is 2. The normalized spacial score (nSPS) is 10.8. The summed E-state index contributed by atoms with van der Waals surface area (Å²) in [5.41, 5.74) is 4.20. The summed E-state index contributed by atoms with van der Waals surface area (Å²) in [5.74, 6) is 0.724. The number of halogens is 2. The number of hydrogen-bond acceptors (Lipinski definition) is 9. The van der Waals surface area contributed by atoms with E-state index in [-0.39, 0.29) is 24.1 Å². The zero-order valence-corrected chi connectivity index (χ0v) is 19.9. The van der Waals surface area contributed by atoms with Gasteiger partial charge < -0.3 is 14.8 Å². The van der Waals surface area contributed by atoms with Crippen molar-refractivity contribution < 1.29 is 18.8 Å². The lowest BCUT2D eigenvalue weighted by molar-refractivity contribution is -0.384. The molecular weight excluding hydrogens is 546 g/mol. The molecule has 0 saturated carbocycles. The van der Waals surface area contributed by atoms with Gasteiger partial charge in [0.1, 0.15) is 6.61 Å². The Morgan fingerprint density at radius 2 is 2.03 bits per heavy atom. The van der Waals surface area contributed by atoms with E-state index < -0.39 is 10.7 Å². The molecule has 0 radical (unpaired) electrons. The number of anilines is 2. The van der Waals surface area contributed by atoms with Gasteiger partial charge in [-0.05, 0) is 64.9 Å². The molecular formula is C21H20FIN6O4. The summed E-state index contributed by atoms with van der Waals surface area (Å²) < 4.78 is 25.9. The molecule has 0 fully saturated rings. The molecule has 3 rings (SSSR count). The molecule has 10 nitrogen and oxygen atoms in total. The first kappa shape index (κ1) is 24.1. The van der Waals surface area contributed by atoms with E-state index in [4.69, 9.17) is 9.47 Å². The smallest absolute Gasteiger partial charge is 0.269 e. The first-order valence-corrected chi connectivity index (χ1v) is 10.8. The highest BCUT2D eigenvalue weighted by atomic mass is 127.